The van der Waals surface area contributed by atoms with Gasteiger partial charge >= 0.3 is 0 Å². The average molecular weight is 394 g/mol. The minimum atomic E-state index is 0.556. The van der Waals surface area contributed by atoms with Gasteiger partial charge in [-0.15, -0.1) is 0 Å². The normalized spacial score (nSPS) is 15.8. The first-order valence-electron chi connectivity index (χ1n) is 9.37. The fourth-order valence-corrected chi connectivity index (χ4v) is 4.44. The number of nitrogens with one attached hydrogen (secondary N) is 1. The van der Waals surface area contributed by atoms with Crippen molar-refractivity contribution in [3.05, 3.63) is 77.9 Å². The zero-order chi connectivity index (χ0) is 18.5. The quantitative estimate of drug-likeness (QED) is 0.570. The van der Waals surface area contributed by atoms with Crippen LogP contribution >= 0.6 is 24.0 Å². The molecule has 2 nitrogen and oxygen atoms in total. The van der Waals surface area contributed by atoms with Crippen molar-refractivity contribution in [2.45, 2.75) is 18.6 Å². The molecule has 4 rings (SSSR count). The minimum Gasteiger partial charge on any atom is -0.493 e. The molecule has 1 aliphatic heterocycles. The summed E-state index contributed by atoms with van der Waals surface area (Å²) in [4.78, 5) is 0. The molecule has 1 aliphatic rings. The zero-order valence-corrected chi connectivity index (χ0v) is 16.8. The Morgan fingerprint density at radius 1 is 1.04 bits per heavy atom. The van der Waals surface area contributed by atoms with Crippen LogP contribution in [0.3, 0.4) is 0 Å². The van der Waals surface area contributed by atoms with Crippen molar-refractivity contribution >= 4 is 39.1 Å². The first-order chi connectivity index (χ1) is 13.3. The molecule has 0 bridgehead atoms. The summed E-state index contributed by atoms with van der Waals surface area (Å²) < 4.78 is 6.74. The Balaban J connectivity index is 1.21. The third-order valence-corrected chi connectivity index (χ3v) is 6.34. The maximum atomic E-state index is 5.87. The molecule has 1 heterocycles. The van der Waals surface area contributed by atoms with Crippen LogP contribution < -0.4 is 10.1 Å². The van der Waals surface area contributed by atoms with Gasteiger partial charge in [0.05, 0.1) is 6.61 Å². The van der Waals surface area contributed by atoms with Crippen LogP contribution in [0.1, 0.15) is 17.5 Å². The zero-order valence-electron chi connectivity index (χ0n) is 15.2. The van der Waals surface area contributed by atoms with Gasteiger partial charge in [-0.2, -0.15) is 0 Å². The van der Waals surface area contributed by atoms with Gasteiger partial charge in [0.25, 0.3) is 0 Å². The Labute approximate surface area is 170 Å². The highest BCUT2D eigenvalue weighted by Gasteiger charge is 2.19. The lowest BCUT2D eigenvalue weighted by atomic mass is 9.94. The summed E-state index contributed by atoms with van der Waals surface area (Å²) in [5.74, 6) is 2.50. The minimum absolute atomic E-state index is 0.556. The first kappa shape index (κ1) is 18.3. The van der Waals surface area contributed by atoms with Gasteiger partial charge in [0.1, 0.15) is 10.1 Å². The summed E-state index contributed by atoms with van der Waals surface area (Å²) in [7, 11) is 0. The van der Waals surface area contributed by atoms with Crippen LogP contribution in [0, 0.1) is 5.92 Å². The van der Waals surface area contributed by atoms with E-state index in [4.69, 9.17) is 17.0 Å². The number of hydrogen-bond acceptors (Lipinski definition) is 3. The van der Waals surface area contributed by atoms with Crippen molar-refractivity contribution in [3.8, 4) is 5.75 Å². The summed E-state index contributed by atoms with van der Waals surface area (Å²) in [6.07, 6.45) is 2.17. The van der Waals surface area contributed by atoms with E-state index in [1.54, 1.807) is 11.8 Å². The third-order valence-electron chi connectivity index (χ3n) is 4.96. The fraction of sp³-hybridized carbons (Fsp3) is 0.261. The molecular weight excluding hydrogens is 370 g/mol. The van der Waals surface area contributed by atoms with Crippen molar-refractivity contribution in [2.75, 3.05) is 13.2 Å². The molecule has 138 valence electrons. The van der Waals surface area contributed by atoms with Crippen LogP contribution in [-0.4, -0.2) is 17.5 Å². The van der Waals surface area contributed by atoms with Gasteiger partial charge in [-0.1, -0.05) is 84.6 Å². The van der Waals surface area contributed by atoms with E-state index in [0.29, 0.717) is 5.92 Å². The largest absolute Gasteiger partial charge is 0.493 e. The van der Waals surface area contributed by atoms with Gasteiger partial charge in [-0.3, -0.25) is 0 Å². The number of thioether (sulfide) groups is 1. The number of ether oxygens (including phenoxy) is 1. The van der Waals surface area contributed by atoms with Crippen molar-refractivity contribution in [3.63, 3.8) is 0 Å². The highest BCUT2D eigenvalue weighted by molar-refractivity contribution is 8.22. The topological polar surface area (TPSA) is 21.3 Å². The van der Waals surface area contributed by atoms with E-state index in [1.807, 2.05) is 6.07 Å². The molecule has 3 aromatic carbocycles. The molecule has 4 heteroatoms. The third kappa shape index (κ3) is 4.82. The van der Waals surface area contributed by atoms with E-state index in [1.165, 1.54) is 21.9 Å². The fourth-order valence-electron chi connectivity index (χ4n) is 3.48. The molecule has 0 radical (unpaired) electrons. The summed E-state index contributed by atoms with van der Waals surface area (Å²) in [5, 5.41) is 5.97. The summed E-state index contributed by atoms with van der Waals surface area (Å²) in [6.45, 7) is 1.70. The van der Waals surface area contributed by atoms with Crippen molar-refractivity contribution < 1.29 is 4.74 Å². The molecule has 0 aliphatic carbocycles. The predicted octanol–water partition coefficient (Wildman–Crippen LogP) is 5.59. The van der Waals surface area contributed by atoms with E-state index in [-0.39, 0.29) is 0 Å². The molecule has 0 amide bonds. The lowest BCUT2D eigenvalue weighted by molar-refractivity contribution is 0.215. The number of hydrogen-bond donors (Lipinski definition) is 1. The molecule has 1 N–H and O–H groups in total. The van der Waals surface area contributed by atoms with Gasteiger partial charge in [0.15, 0.2) is 0 Å². The van der Waals surface area contributed by atoms with Crippen LogP contribution in [0.5, 0.6) is 5.75 Å². The molecule has 0 aromatic heterocycles. The number of benzene rings is 3. The summed E-state index contributed by atoms with van der Waals surface area (Å²) in [5.41, 5.74) is 2.63. The second kappa shape index (κ2) is 8.77. The van der Waals surface area contributed by atoms with E-state index in [2.05, 4.69) is 66.0 Å². The summed E-state index contributed by atoms with van der Waals surface area (Å²) in [6, 6.07) is 23.4. The lowest BCUT2D eigenvalue weighted by Crippen LogP contribution is -2.27. The molecule has 0 saturated carbocycles. The highest BCUT2D eigenvalue weighted by atomic mass is 32.2. The standard InChI is InChI=1S/C23H23NOS2/c26-23(27-16-18-9-10-19-5-1-2-6-20(19)14-18)24-12-11-17-13-21-7-3-4-8-22(21)25-15-17/h1-10,14,17H,11-13,15-16H2,(H,24,26). The van der Waals surface area contributed by atoms with E-state index >= 15 is 0 Å². The Bertz CT molecular complexity index is 940. The van der Waals surface area contributed by atoms with Crippen LogP contribution in [0.2, 0.25) is 0 Å². The number of fused-ring (bicyclic) bond motifs is 2. The molecular formula is C23H23NOS2. The number of rotatable bonds is 5. The molecule has 0 spiro atoms. The maximum Gasteiger partial charge on any atom is 0.134 e. The van der Waals surface area contributed by atoms with Crippen molar-refractivity contribution in [2.24, 2.45) is 5.92 Å². The average Bonchev–Trinajstić information content (AvgIpc) is 2.72. The summed E-state index contributed by atoms with van der Waals surface area (Å²) >= 11 is 7.20. The Kier molecular flexibility index (Phi) is 5.95. The highest BCUT2D eigenvalue weighted by Crippen LogP contribution is 2.28. The first-order valence-corrected chi connectivity index (χ1v) is 10.8. The monoisotopic (exact) mass is 393 g/mol. The Morgan fingerprint density at radius 3 is 2.78 bits per heavy atom. The molecule has 3 aromatic rings. The van der Waals surface area contributed by atoms with Crippen molar-refractivity contribution in [1.29, 1.82) is 0 Å². The molecule has 0 saturated heterocycles. The molecule has 0 fully saturated rings. The van der Waals surface area contributed by atoms with Gasteiger partial charge in [0.2, 0.25) is 0 Å². The molecule has 1 atom stereocenters. The molecule has 27 heavy (non-hydrogen) atoms. The maximum absolute atomic E-state index is 5.87. The SMILES string of the molecule is S=C(NCCC1COc2ccccc2C1)SCc1ccc2ccccc2c1. The van der Waals surface area contributed by atoms with Crippen LogP contribution in [0.4, 0.5) is 0 Å². The van der Waals surface area contributed by atoms with Crippen LogP contribution in [-0.2, 0) is 12.2 Å². The predicted molar refractivity (Wildman–Crippen MR) is 120 cm³/mol. The van der Waals surface area contributed by atoms with E-state index in [0.717, 1.165) is 41.8 Å². The number of para-hydroxylation sites is 1. The smallest absolute Gasteiger partial charge is 0.134 e. The van der Waals surface area contributed by atoms with E-state index in [9.17, 15) is 0 Å². The van der Waals surface area contributed by atoms with Crippen molar-refractivity contribution in [1.82, 2.24) is 5.32 Å². The lowest BCUT2D eigenvalue weighted by Gasteiger charge is -2.25. The Hall–Kier alpha value is -2.04. The second-order valence-electron chi connectivity index (χ2n) is 6.96. The Morgan fingerprint density at radius 2 is 1.85 bits per heavy atom. The van der Waals surface area contributed by atoms with Gasteiger partial charge in [-0.25, -0.2) is 0 Å². The molecule has 1 unspecified atom stereocenters. The van der Waals surface area contributed by atoms with Crippen LogP contribution in [0.25, 0.3) is 10.8 Å². The van der Waals surface area contributed by atoms with E-state index < -0.39 is 0 Å². The van der Waals surface area contributed by atoms with Gasteiger partial charge in [0, 0.05) is 12.3 Å². The van der Waals surface area contributed by atoms with Gasteiger partial charge in [-0.05, 0) is 46.7 Å². The number of thiocarbonyl (C=S) groups is 1. The van der Waals surface area contributed by atoms with Gasteiger partial charge < -0.3 is 10.1 Å². The second-order valence-corrected chi connectivity index (χ2v) is 8.61. The van der Waals surface area contributed by atoms with Crippen LogP contribution in [0.15, 0.2) is 66.7 Å².